The highest BCUT2D eigenvalue weighted by atomic mass is 32.1. The first-order valence-electron chi connectivity index (χ1n) is 8.08. The zero-order valence-electron chi connectivity index (χ0n) is 13.9. The molecule has 0 fully saturated rings. The number of nitrogens with one attached hydrogen (secondary N) is 2. The summed E-state index contributed by atoms with van der Waals surface area (Å²) in [5.74, 6) is 0.320. The van der Waals surface area contributed by atoms with Gasteiger partial charge in [0.2, 0.25) is 0 Å². The van der Waals surface area contributed by atoms with Crippen LogP contribution in [0.4, 0.5) is 5.69 Å². The highest BCUT2D eigenvalue weighted by Crippen LogP contribution is 2.30. The van der Waals surface area contributed by atoms with Gasteiger partial charge in [-0.15, -0.1) is 11.3 Å². The summed E-state index contributed by atoms with van der Waals surface area (Å²) in [6, 6.07) is 17.7. The number of amides is 1. The molecule has 0 aliphatic carbocycles. The van der Waals surface area contributed by atoms with Crippen LogP contribution < -0.4 is 15.6 Å². The highest BCUT2D eigenvalue weighted by Gasteiger charge is 2.20. The largest absolute Gasteiger partial charge is 0.505 e. The fraction of sp³-hybridized carbons (Fsp3) is 0. The van der Waals surface area contributed by atoms with Crippen LogP contribution in [0.5, 0.6) is 17.2 Å². The number of fused-ring (bicyclic) bond motifs is 1. The van der Waals surface area contributed by atoms with Crippen LogP contribution in [-0.2, 0) is 0 Å². The maximum Gasteiger partial charge on any atom is 0.265 e. The summed E-state index contributed by atoms with van der Waals surface area (Å²) in [5, 5.41) is 14.6. The summed E-state index contributed by atoms with van der Waals surface area (Å²) >= 11 is 1.25. The SMILES string of the molecule is O=C(Nc1ccc(Oc2ccccc2)cc1)c1c(O)c2sccc2[nH]c1=O. The molecule has 7 heteroatoms. The molecule has 2 heterocycles. The predicted octanol–water partition coefficient (Wildman–Crippen LogP) is 4.34. The number of carbonyl (C=O) groups is 1. The first kappa shape index (κ1) is 16.9. The lowest BCUT2D eigenvalue weighted by Gasteiger charge is -2.09. The standard InChI is InChI=1S/C20H14N2O4S/c23-17-16(20(25)22-15-10-11-27-18(15)17)19(24)21-12-6-8-14(9-7-12)26-13-4-2-1-3-5-13/h1-11H,(H,21,24)(H2,22,23,25). The molecule has 0 spiro atoms. The number of rotatable bonds is 4. The van der Waals surface area contributed by atoms with Crippen molar-refractivity contribution in [2.75, 3.05) is 5.32 Å². The van der Waals surface area contributed by atoms with E-state index in [9.17, 15) is 14.7 Å². The van der Waals surface area contributed by atoms with Gasteiger partial charge in [0.1, 0.15) is 17.1 Å². The van der Waals surface area contributed by atoms with E-state index in [0.717, 1.165) is 0 Å². The molecule has 0 bridgehead atoms. The molecule has 0 atom stereocenters. The third-order valence-corrected chi connectivity index (χ3v) is 4.83. The van der Waals surface area contributed by atoms with Crippen molar-refractivity contribution in [3.63, 3.8) is 0 Å². The summed E-state index contributed by atoms with van der Waals surface area (Å²) in [6.07, 6.45) is 0. The number of carbonyl (C=O) groups excluding carboxylic acids is 1. The molecule has 0 aliphatic rings. The number of anilines is 1. The predicted molar refractivity (Wildman–Crippen MR) is 105 cm³/mol. The second kappa shape index (κ2) is 6.97. The van der Waals surface area contributed by atoms with E-state index in [-0.39, 0.29) is 11.3 Å². The fourth-order valence-corrected chi connectivity index (χ4v) is 3.43. The molecule has 0 saturated heterocycles. The molecule has 134 valence electrons. The third kappa shape index (κ3) is 3.40. The van der Waals surface area contributed by atoms with Gasteiger partial charge in [-0.05, 0) is 47.8 Å². The van der Waals surface area contributed by atoms with Crippen LogP contribution in [0.3, 0.4) is 0 Å². The minimum Gasteiger partial charge on any atom is -0.505 e. The van der Waals surface area contributed by atoms with E-state index in [2.05, 4.69) is 10.3 Å². The summed E-state index contributed by atoms with van der Waals surface area (Å²) in [5.41, 5.74) is 0.0291. The first-order valence-corrected chi connectivity index (χ1v) is 8.96. The van der Waals surface area contributed by atoms with Crippen LogP contribution in [0.1, 0.15) is 10.4 Å². The van der Waals surface area contributed by atoms with Crippen molar-refractivity contribution in [3.8, 4) is 17.2 Å². The third-order valence-electron chi connectivity index (χ3n) is 3.91. The van der Waals surface area contributed by atoms with Crippen molar-refractivity contribution < 1.29 is 14.6 Å². The number of aromatic hydroxyl groups is 1. The molecule has 4 rings (SSSR count). The van der Waals surface area contributed by atoms with Crippen molar-refractivity contribution in [1.82, 2.24) is 4.98 Å². The van der Waals surface area contributed by atoms with E-state index < -0.39 is 11.5 Å². The van der Waals surface area contributed by atoms with Gasteiger partial charge in [-0.2, -0.15) is 0 Å². The number of para-hydroxylation sites is 1. The Hall–Kier alpha value is -3.58. The highest BCUT2D eigenvalue weighted by molar-refractivity contribution is 7.17. The Morgan fingerprint density at radius 1 is 1.00 bits per heavy atom. The fourth-order valence-electron chi connectivity index (χ4n) is 2.63. The number of thiophene rings is 1. The molecule has 0 unspecified atom stereocenters. The average Bonchev–Trinajstić information content (AvgIpc) is 3.13. The van der Waals surface area contributed by atoms with Gasteiger partial charge >= 0.3 is 0 Å². The van der Waals surface area contributed by atoms with Gasteiger partial charge in [0.25, 0.3) is 11.5 Å². The maximum atomic E-state index is 12.5. The Morgan fingerprint density at radius 3 is 2.44 bits per heavy atom. The minimum absolute atomic E-state index is 0.311. The van der Waals surface area contributed by atoms with E-state index in [1.807, 2.05) is 30.3 Å². The van der Waals surface area contributed by atoms with Crippen LogP contribution in [0, 0.1) is 0 Å². The smallest absolute Gasteiger partial charge is 0.265 e. The molecule has 0 aliphatic heterocycles. The Bertz CT molecular complexity index is 1160. The minimum atomic E-state index is -0.680. The molecule has 4 aromatic rings. The van der Waals surface area contributed by atoms with Crippen molar-refractivity contribution in [2.24, 2.45) is 0 Å². The van der Waals surface area contributed by atoms with Crippen LogP contribution >= 0.6 is 11.3 Å². The van der Waals surface area contributed by atoms with Crippen LogP contribution in [-0.4, -0.2) is 16.0 Å². The Kier molecular flexibility index (Phi) is 4.35. The molecular formula is C20H14N2O4S. The van der Waals surface area contributed by atoms with Gasteiger partial charge in [-0.25, -0.2) is 0 Å². The number of aromatic nitrogens is 1. The van der Waals surface area contributed by atoms with Crippen LogP contribution in [0.25, 0.3) is 10.2 Å². The molecule has 27 heavy (non-hydrogen) atoms. The topological polar surface area (TPSA) is 91.4 Å². The van der Waals surface area contributed by atoms with E-state index in [1.54, 1.807) is 35.7 Å². The van der Waals surface area contributed by atoms with E-state index in [1.165, 1.54) is 11.3 Å². The Morgan fingerprint density at radius 2 is 1.70 bits per heavy atom. The molecule has 6 nitrogen and oxygen atoms in total. The summed E-state index contributed by atoms with van der Waals surface area (Å²) in [7, 11) is 0. The molecule has 2 aromatic heterocycles. The first-order chi connectivity index (χ1) is 13.1. The number of aromatic amines is 1. The molecule has 2 aromatic carbocycles. The van der Waals surface area contributed by atoms with Gasteiger partial charge in [0, 0.05) is 5.69 Å². The Balaban J connectivity index is 1.54. The van der Waals surface area contributed by atoms with Crippen molar-refractivity contribution in [1.29, 1.82) is 0 Å². The lowest BCUT2D eigenvalue weighted by Crippen LogP contribution is -2.23. The number of hydrogen-bond donors (Lipinski definition) is 3. The van der Waals surface area contributed by atoms with Gasteiger partial charge in [0.15, 0.2) is 5.75 Å². The number of ether oxygens (including phenoxy) is 1. The second-order valence-corrected chi connectivity index (χ2v) is 6.65. The lowest BCUT2D eigenvalue weighted by atomic mass is 10.2. The van der Waals surface area contributed by atoms with Crippen LogP contribution in [0.2, 0.25) is 0 Å². The molecule has 0 saturated carbocycles. The normalized spacial score (nSPS) is 10.7. The quantitative estimate of drug-likeness (QED) is 0.493. The monoisotopic (exact) mass is 378 g/mol. The zero-order valence-corrected chi connectivity index (χ0v) is 14.7. The average molecular weight is 378 g/mol. The number of H-pyrrole nitrogens is 1. The van der Waals surface area contributed by atoms with Gasteiger partial charge in [-0.1, -0.05) is 18.2 Å². The van der Waals surface area contributed by atoms with Crippen molar-refractivity contribution in [2.45, 2.75) is 0 Å². The van der Waals surface area contributed by atoms with Gasteiger partial charge in [0.05, 0.1) is 10.2 Å². The molecule has 3 N–H and O–H groups in total. The molecule has 0 radical (unpaired) electrons. The van der Waals surface area contributed by atoms with E-state index in [0.29, 0.717) is 27.4 Å². The lowest BCUT2D eigenvalue weighted by molar-refractivity contribution is 0.102. The summed E-state index contributed by atoms with van der Waals surface area (Å²) in [4.78, 5) is 27.2. The zero-order chi connectivity index (χ0) is 18.8. The van der Waals surface area contributed by atoms with Crippen molar-refractivity contribution >= 4 is 33.1 Å². The number of hydrogen-bond acceptors (Lipinski definition) is 5. The van der Waals surface area contributed by atoms with Gasteiger partial charge < -0.3 is 20.1 Å². The maximum absolute atomic E-state index is 12.5. The molecular weight excluding hydrogens is 364 g/mol. The van der Waals surface area contributed by atoms with Crippen molar-refractivity contribution in [3.05, 3.63) is 82.0 Å². The number of pyridine rings is 1. The summed E-state index contributed by atoms with van der Waals surface area (Å²) < 4.78 is 6.16. The van der Waals surface area contributed by atoms with Gasteiger partial charge in [-0.3, -0.25) is 9.59 Å². The summed E-state index contributed by atoms with van der Waals surface area (Å²) in [6.45, 7) is 0. The Labute approximate surface area is 157 Å². The van der Waals surface area contributed by atoms with E-state index >= 15 is 0 Å². The second-order valence-electron chi connectivity index (χ2n) is 5.73. The molecule has 1 amide bonds. The number of benzene rings is 2. The van der Waals surface area contributed by atoms with E-state index in [4.69, 9.17) is 4.74 Å². The van der Waals surface area contributed by atoms with Crippen LogP contribution in [0.15, 0.2) is 70.8 Å².